The fourth-order valence-corrected chi connectivity index (χ4v) is 1.74. The molecular formula is C14H14FN3O3. The van der Waals surface area contributed by atoms with Crippen LogP contribution in [0.4, 0.5) is 10.1 Å². The maximum Gasteiger partial charge on any atom is 0.340 e. The van der Waals surface area contributed by atoms with Crippen LogP contribution in [0.25, 0.3) is 0 Å². The van der Waals surface area contributed by atoms with Crippen molar-refractivity contribution >= 4 is 17.6 Å². The number of carbonyl (C=O) groups excluding carboxylic acids is 2. The van der Waals surface area contributed by atoms with Gasteiger partial charge < -0.3 is 10.1 Å². The van der Waals surface area contributed by atoms with Crippen molar-refractivity contribution in [3.05, 3.63) is 48.0 Å². The smallest absolute Gasteiger partial charge is 0.340 e. The van der Waals surface area contributed by atoms with E-state index in [1.165, 1.54) is 19.2 Å². The summed E-state index contributed by atoms with van der Waals surface area (Å²) in [4.78, 5) is 23.0. The highest BCUT2D eigenvalue weighted by atomic mass is 19.1. The van der Waals surface area contributed by atoms with E-state index in [9.17, 15) is 14.0 Å². The van der Waals surface area contributed by atoms with E-state index in [4.69, 9.17) is 0 Å². The van der Waals surface area contributed by atoms with Crippen LogP contribution >= 0.6 is 0 Å². The summed E-state index contributed by atoms with van der Waals surface area (Å²) in [5, 5.41) is 6.53. The summed E-state index contributed by atoms with van der Waals surface area (Å²) in [6.07, 6.45) is 3.58. The molecule has 1 aromatic carbocycles. The third kappa shape index (κ3) is 3.88. The molecule has 110 valence electrons. The summed E-state index contributed by atoms with van der Waals surface area (Å²) in [6, 6.07) is 5.56. The molecular weight excluding hydrogens is 277 g/mol. The second-order valence-corrected chi connectivity index (χ2v) is 4.25. The van der Waals surface area contributed by atoms with Crippen LogP contribution in [-0.4, -0.2) is 28.8 Å². The molecule has 0 atom stereocenters. The van der Waals surface area contributed by atoms with E-state index in [0.717, 1.165) is 6.07 Å². The van der Waals surface area contributed by atoms with Gasteiger partial charge in [-0.2, -0.15) is 5.10 Å². The highest BCUT2D eigenvalue weighted by Crippen LogP contribution is 2.15. The minimum atomic E-state index is -0.760. The minimum Gasteiger partial charge on any atom is -0.465 e. The average molecular weight is 291 g/mol. The van der Waals surface area contributed by atoms with Crippen molar-refractivity contribution in [3.8, 4) is 0 Å². The first-order valence-corrected chi connectivity index (χ1v) is 6.25. The van der Waals surface area contributed by atoms with Gasteiger partial charge in [0.05, 0.1) is 12.7 Å². The monoisotopic (exact) mass is 291 g/mol. The Hall–Kier alpha value is -2.70. The number of hydrogen-bond donors (Lipinski definition) is 1. The number of aryl methyl sites for hydroxylation is 1. The molecule has 0 fully saturated rings. The number of carbonyl (C=O) groups is 2. The van der Waals surface area contributed by atoms with Gasteiger partial charge in [-0.25, -0.2) is 9.18 Å². The largest absolute Gasteiger partial charge is 0.465 e. The van der Waals surface area contributed by atoms with Gasteiger partial charge in [-0.05, 0) is 24.3 Å². The van der Waals surface area contributed by atoms with Crippen LogP contribution in [0.1, 0.15) is 16.8 Å². The Bertz CT molecular complexity index is 641. The van der Waals surface area contributed by atoms with Gasteiger partial charge >= 0.3 is 5.97 Å². The Morgan fingerprint density at radius 3 is 2.86 bits per heavy atom. The van der Waals surface area contributed by atoms with Gasteiger partial charge in [-0.3, -0.25) is 9.48 Å². The number of aromatic nitrogens is 2. The molecule has 0 aliphatic rings. The minimum absolute atomic E-state index is 0.174. The van der Waals surface area contributed by atoms with Crippen LogP contribution in [0.3, 0.4) is 0 Å². The zero-order valence-corrected chi connectivity index (χ0v) is 11.4. The summed E-state index contributed by atoms with van der Waals surface area (Å²) < 4.78 is 19.7. The van der Waals surface area contributed by atoms with Gasteiger partial charge in [-0.15, -0.1) is 0 Å². The highest BCUT2D eigenvalue weighted by molar-refractivity contribution is 5.93. The van der Waals surface area contributed by atoms with Crippen molar-refractivity contribution in [2.75, 3.05) is 12.4 Å². The number of benzene rings is 1. The number of hydrogen-bond acceptors (Lipinski definition) is 4. The number of methoxy groups -OCH3 is 1. The number of anilines is 1. The Labute approximate surface area is 120 Å². The van der Waals surface area contributed by atoms with Gasteiger partial charge in [0.25, 0.3) is 0 Å². The van der Waals surface area contributed by atoms with Crippen LogP contribution in [-0.2, 0) is 16.1 Å². The van der Waals surface area contributed by atoms with Gasteiger partial charge in [0, 0.05) is 31.0 Å². The quantitative estimate of drug-likeness (QED) is 0.853. The molecule has 21 heavy (non-hydrogen) atoms. The molecule has 0 aliphatic heterocycles. The van der Waals surface area contributed by atoms with Crippen molar-refractivity contribution in [3.63, 3.8) is 0 Å². The fraction of sp³-hybridized carbons (Fsp3) is 0.214. The van der Waals surface area contributed by atoms with E-state index in [1.807, 2.05) is 0 Å². The molecule has 1 amide bonds. The van der Waals surface area contributed by atoms with E-state index in [-0.39, 0.29) is 23.6 Å². The van der Waals surface area contributed by atoms with Crippen LogP contribution < -0.4 is 5.32 Å². The lowest BCUT2D eigenvalue weighted by Gasteiger charge is -2.07. The third-order valence-corrected chi connectivity index (χ3v) is 2.79. The second kappa shape index (κ2) is 6.65. The molecule has 0 spiro atoms. The Morgan fingerprint density at radius 2 is 2.24 bits per heavy atom. The normalized spacial score (nSPS) is 10.2. The lowest BCUT2D eigenvalue weighted by molar-refractivity contribution is -0.116. The number of nitrogens with zero attached hydrogens (tertiary/aromatic N) is 2. The molecule has 1 N–H and O–H groups in total. The average Bonchev–Trinajstić information content (AvgIpc) is 2.98. The van der Waals surface area contributed by atoms with E-state index in [2.05, 4.69) is 15.2 Å². The summed E-state index contributed by atoms with van der Waals surface area (Å²) in [7, 11) is 1.17. The third-order valence-electron chi connectivity index (χ3n) is 2.79. The number of esters is 1. The second-order valence-electron chi connectivity index (χ2n) is 4.25. The molecule has 1 heterocycles. The number of ether oxygens (including phenoxy) is 1. The van der Waals surface area contributed by atoms with E-state index >= 15 is 0 Å². The highest BCUT2D eigenvalue weighted by Gasteiger charge is 2.13. The van der Waals surface area contributed by atoms with Crippen molar-refractivity contribution < 1.29 is 18.7 Å². The molecule has 7 heteroatoms. The van der Waals surface area contributed by atoms with E-state index in [1.54, 1.807) is 23.1 Å². The summed E-state index contributed by atoms with van der Waals surface area (Å²) in [5.74, 6) is -1.77. The predicted molar refractivity (Wildman–Crippen MR) is 73.2 cm³/mol. The van der Waals surface area contributed by atoms with Crippen LogP contribution in [0.5, 0.6) is 0 Å². The molecule has 0 aliphatic carbocycles. The van der Waals surface area contributed by atoms with Crippen LogP contribution in [0, 0.1) is 5.82 Å². The maximum atomic E-state index is 13.7. The molecule has 0 saturated heterocycles. The van der Waals surface area contributed by atoms with Crippen LogP contribution in [0.2, 0.25) is 0 Å². The Morgan fingerprint density at radius 1 is 1.43 bits per heavy atom. The first kappa shape index (κ1) is 14.7. The van der Waals surface area contributed by atoms with E-state index < -0.39 is 11.8 Å². The standard InChI is InChI=1S/C14H14FN3O3/c1-21-14(20)11-4-3-10(9-12(11)15)17-13(19)5-8-18-7-2-6-16-18/h2-4,6-7,9H,5,8H2,1H3,(H,17,19). The zero-order chi connectivity index (χ0) is 15.2. The summed E-state index contributed by atoms with van der Waals surface area (Å²) in [5.41, 5.74) is 0.109. The van der Waals surface area contributed by atoms with Gasteiger partial charge in [0.1, 0.15) is 5.82 Å². The SMILES string of the molecule is COC(=O)c1ccc(NC(=O)CCn2cccn2)cc1F. The van der Waals surface area contributed by atoms with Crippen LogP contribution in [0.15, 0.2) is 36.7 Å². The first-order valence-electron chi connectivity index (χ1n) is 6.25. The molecule has 6 nitrogen and oxygen atoms in total. The predicted octanol–water partition coefficient (Wildman–Crippen LogP) is 1.84. The van der Waals surface area contributed by atoms with Crippen molar-refractivity contribution in [1.82, 2.24) is 9.78 Å². The zero-order valence-electron chi connectivity index (χ0n) is 11.4. The molecule has 1 aromatic heterocycles. The maximum absolute atomic E-state index is 13.7. The Kier molecular flexibility index (Phi) is 4.65. The molecule has 0 saturated carbocycles. The number of rotatable bonds is 5. The molecule has 0 bridgehead atoms. The topological polar surface area (TPSA) is 73.2 Å². The first-order chi connectivity index (χ1) is 10.1. The van der Waals surface area contributed by atoms with Crippen molar-refractivity contribution in [1.29, 1.82) is 0 Å². The number of nitrogens with one attached hydrogen (secondary N) is 1. The molecule has 2 aromatic rings. The molecule has 2 rings (SSSR count). The lowest BCUT2D eigenvalue weighted by atomic mass is 10.2. The molecule has 0 unspecified atom stereocenters. The summed E-state index contributed by atoms with van der Waals surface area (Å²) in [6.45, 7) is 0.432. The van der Waals surface area contributed by atoms with Gasteiger partial charge in [0.15, 0.2) is 0 Å². The van der Waals surface area contributed by atoms with Crippen molar-refractivity contribution in [2.45, 2.75) is 13.0 Å². The van der Waals surface area contributed by atoms with Gasteiger partial charge in [-0.1, -0.05) is 0 Å². The van der Waals surface area contributed by atoms with Crippen molar-refractivity contribution in [2.24, 2.45) is 0 Å². The summed E-state index contributed by atoms with van der Waals surface area (Å²) >= 11 is 0. The van der Waals surface area contributed by atoms with E-state index in [0.29, 0.717) is 6.54 Å². The number of halogens is 1. The lowest BCUT2D eigenvalue weighted by Crippen LogP contribution is -2.15. The Balaban J connectivity index is 1.94. The molecule has 0 radical (unpaired) electrons. The fourth-order valence-electron chi connectivity index (χ4n) is 1.74. The van der Waals surface area contributed by atoms with Gasteiger partial charge in [0.2, 0.25) is 5.91 Å². The number of amides is 1.